The zero-order valence-electron chi connectivity index (χ0n) is 11.0. The van der Waals surface area contributed by atoms with Crippen LogP contribution in [0, 0.1) is 5.92 Å². The van der Waals surface area contributed by atoms with Crippen LogP contribution in [0.1, 0.15) is 45.4 Å². The Morgan fingerprint density at radius 3 is 2.72 bits per heavy atom. The second-order valence-corrected chi connectivity index (χ2v) is 4.81. The van der Waals surface area contributed by atoms with Gasteiger partial charge in [0.2, 0.25) is 5.91 Å². The topological polar surface area (TPSA) is 75.6 Å². The van der Waals surface area contributed by atoms with Gasteiger partial charge in [-0.05, 0) is 12.8 Å². The Balaban J connectivity index is 2.32. The van der Waals surface area contributed by atoms with Crippen molar-refractivity contribution in [2.45, 2.75) is 51.5 Å². The second-order valence-electron chi connectivity index (χ2n) is 4.81. The second kappa shape index (κ2) is 8.08. The highest BCUT2D eigenvalue weighted by atomic mass is 16.5. The average Bonchev–Trinajstić information content (AvgIpc) is 2.86. The smallest absolute Gasteiger partial charge is 0.326 e. The maximum absolute atomic E-state index is 11.8. The van der Waals surface area contributed by atoms with E-state index in [1.165, 1.54) is 0 Å². The van der Waals surface area contributed by atoms with Crippen LogP contribution in [0.2, 0.25) is 0 Å². The van der Waals surface area contributed by atoms with Gasteiger partial charge < -0.3 is 15.2 Å². The third-order valence-electron chi connectivity index (χ3n) is 3.26. The first-order valence-electron chi connectivity index (χ1n) is 6.76. The number of hydrogen-bond donors (Lipinski definition) is 2. The van der Waals surface area contributed by atoms with Crippen LogP contribution < -0.4 is 5.32 Å². The SMILES string of the molecule is CCCCCC[C@H](NC(=O)[C@@H]1CCOC1)C(=O)O. The molecule has 0 bridgehead atoms. The molecule has 1 saturated heterocycles. The van der Waals surface area contributed by atoms with Crippen LogP contribution in [0.5, 0.6) is 0 Å². The van der Waals surface area contributed by atoms with Gasteiger partial charge in [0.15, 0.2) is 0 Å². The van der Waals surface area contributed by atoms with Crippen molar-refractivity contribution in [3.05, 3.63) is 0 Å². The third-order valence-corrected chi connectivity index (χ3v) is 3.26. The normalized spacial score (nSPS) is 20.6. The van der Waals surface area contributed by atoms with E-state index < -0.39 is 12.0 Å². The summed E-state index contributed by atoms with van der Waals surface area (Å²) >= 11 is 0. The monoisotopic (exact) mass is 257 g/mol. The van der Waals surface area contributed by atoms with Crippen molar-refractivity contribution in [3.8, 4) is 0 Å². The van der Waals surface area contributed by atoms with Crippen molar-refractivity contribution in [1.29, 1.82) is 0 Å². The molecule has 104 valence electrons. The van der Waals surface area contributed by atoms with Crippen molar-refractivity contribution in [2.75, 3.05) is 13.2 Å². The zero-order chi connectivity index (χ0) is 13.4. The molecule has 5 nitrogen and oxygen atoms in total. The first kappa shape index (κ1) is 15.0. The minimum atomic E-state index is -0.946. The molecule has 1 aliphatic heterocycles. The van der Waals surface area contributed by atoms with Crippen LogP contribution in [-0.2, 0) is 14.3 Å². The van der Waals surface area contributed by atoms with Crippen molar-refractivity contribution >= 4 is 11.9 Å². The summed E-state index contributed by atoms with van der Waals surface area (Å²) in [4.78, 5) is 22.9. The van der Waals surface area contributed by atoms with Crippen LogP contribution in [0.4, 0.5) is 0 Å². The maximum atomic E-state index is 11.8. The molecule has 1 amide bonds. The fourth-order valence-corrected chi connectivity index (χ4v) is 2.06. The minimum absolute atomic E-state index is 0.178. The van der Waals surface area contributed by atoms with E-state index in [1.54, 1.807) is 0 Å². The number of amides is 1. The quantitative estimate of drug-likeness (QED) is 0.647. The van der Waals surface area contributed by atoms with Crippen LogP contribution in [0.3, 0.4) is 0 Å². The Morgan fingerprint density at radius 2 is 2.17 bits per heavy atom. The van der Waals surface area contributed by atoms with Crippen molar-refractivity contribution in [2.24, 2.45) is 5.92 Å². The molecule has 5 heteroatoms. The van der Waals surface area contributed by atoms with E-state index in [-0.39, 0.29) is 11.8 Å². The number of unbranched alkanes of at least 4 members (excludes halogenated alkanes) is 3. The van der Waals surface area contributed by atoms with E-state index in [9.17, 15) is 9.59 Å². The summed E-state index contributed by atoms with van der Waals surface area (Å²) in [6, 6.07) is -0.755. The molecule has 18 heavy (non-hydrogen) atoms. The predicted molar refractivity (Wildman–Crippen MR) is 67.3 cm³/mol. The molecule has 0 unspecified atom stereocenters. The van der Waals surface area contributed by atoms with E-state index in [0.29, 0.717) is 26.1 Å². The highest BCUT2D eigenvalue weighted by Gasteiger charge is 2.27. The standard InChI is InChI=1S/C13H23NO4/c1-2-3-4-5-6-11(13(16)17)14-12(15)10-7-8-18-9-10/h10-11H,2-9H2,1H3,(H,14,15)(H,16,17)/t10-,11+/m1/s1. The number of carboxylic acids is 1. The largest absolute Gasteiger partial charge is 0.480 e. The fourth-order valence-electron chi connectivity index (χ4n) is 2.06. The molecule has 0 radical (unpaired) electrons. The molecule has 0 aliphatic carbocycles. The lowest BCUT2D eigenvalue weighted by molar-refractivity contribution is -0.142. The number of rotatable bonds is 8. The summed E-state index contributed by atoms with van der Waals surface area (Å²) in [5.74, 6) is -1.31. The molecule has 0 aromatic heterocycles. The molecule has 0 aromatic rings. The van der Waals surface area contributed by atoms with E-state index in [0.717, 1.165) is 25.7 Å². The first-order valence-corrected chi connectivity index (χ1v) is 6.76. The Kier molecular flexibility index (Phi) is 6.72. The predicted octanol–water partition coefficient (Wildman–Crippen LogP) is 1.56. The molecule has 1 rings (SSSR count). The van der Waals surface area contributed by atoms with Crippen LogP contribution in [-0.4, -0.2) is 36.2 Å². The first-order chi connectivity index (χ1) is 8.65. The number of aliphatic carboxylic acids is 1. The average molecular weight is 257 g/mol. The van der Waals surface area contributed by atoms with Gasteiger partial charge in [0.1, 0.15) is 6.04 Å². The fraction of sp³-hybridized carbons (Fsp3) is 0.846. The Bertz CT molecular complexity index is 274. The lowest BCUT2D eigenvalue weighted by atomic mass is 10.0. The summed E-state index contributed by atoms with van der Waals surface area (Å²) in [5, 5.41) is 11.7. The molecule has 2 atom stereocenters. The van der Waals surface area contributed by atoms with Gasteiger partial charge in [-0.3, -0.25) is 4.79 Å². The third kappa shape index (κ3) is 5.04. The summed E-state index contributed by atoms with van der Waals surface area (Å²) in [6.07, 6.45) is 5.28. The molecular weight excluding hydrogens is 234 g/mol. The van der Waals surface area contributed by atoms with E-state index >= 15 is 0 Å². The van der Waals surface area contributed by atoms with Crippen molar-refractivity contribution < 1.29 is 19.4 Å². The van der Waals surface area contributed by atoms with Gasteiger partial charge in [0.05, 0.1) is 12.5 Å². The molecule has 2 N–H and O–H groups in total. The highest BCUT2D eigenvalue weighted by molar-refractivity contribution is 5.85. The van der Waals surface area contributed by atoms with Crippen LogP contribution in [0.15, 0.2) is 0 Å². The van der Waals surface area contributed by atoms with Crippen molar-refractivity contribution in [1.82, 2.24) is 5.32 Å². The van der Waals surface area contributed by atoms with Gasteiger partial charge in [0, 0.05) is 6.61 Å². The molecule has 1 heterocycles. The van der Waals surface area contributed by atoms with Gasteiger partial charge in [-0.2, -0.15) is 0 Å². The zero-order valence-corrected chi connectivity index (χ0v) is 11.0. The van der Waals surface area contributed by atoms with Crippen LogP contribution in [0.25, 0.3) is 0 Å². The summed E-state index contributed by atoms with van der Waals surface area (Å²) < 4.78 is 5.13. The lowest BCUT2D eigenvalue weighted by Gasteiger charge is -2.16. The maximum Gasteiger partial charge on any atom is 0.326 e. The molecule has 1 fully saturated rings. The summed E-state index contributed by atoms with van der Waals surface area (Å²) in [7, 11) is 0. The van der Waals surface area contributed by atoms with Crippen LogP contribution >= 0.6 is 0 Å². The van der Waals surface area contributed by atoms with E-state index in [1.807, 2.05) is 0 Å². The lowest BCUT2D eigenvalue weighted by Crippen LogP contribution is -2.43. The van der Waals surface area contributed by atoms with E-state index in [4.69, 9.17) is 9.84 Å². The van der Waals surface area contributed by atoms with Gasteiger partial charge in [-0.1, -0.05) is 32.6 Å². The van der Waals surface area contributed by atoms with Gasteiger partial charge in [-0.15, -0.1) is 0 Å². The Morgan fingerprint density at radius 1 is 1.39 bits per heavy atom. The Labute approximate surface area is 108 Å². The van der Waals surface area contributed by atoms with Gasteiger partial charge in [0.25, 0.3) is 0 Å². The highest BCUT2D eigenvalue weighted by Crippen LogP contribution is 2.13. The number of ether oxygens (including phenoxy) is 1. The number of hydrogen-bond acceptors (Lipinski definition) is 3. The van der Waals surface area contributed by atoms with Gasteiger partial charge in [-0.25, -0.2) is 4.79 Å². The molecule has 0 spiro atoms. The number of nitrogens with one attached hydrogen (secondary N) is 1. The summed E-state index contributed by atoms with van der Waals surface area (Å²) in [6.45, 7) is 3.11. The molecule has 0 aromatic carbocycles. The number of carbonyl (C=O) groups excluding carboxylic acids is 1. The molecular formula is C13H23NO4. The minimum Gasteiger partial charge on any atom is -0.480 e. The number of carboxylic acid groups (broad SMARTS) is 1. The molecule has 1 aliphatic rings. The van der Waals surface area contributed by atoms with E-state index in [2.05, 4.69) is 12.2 Å². The summed E-state index contributed by atoms with van der Waals surface area (Å²) in [5.41, 5.74) is 0. The number of carbonyl (C=O) groups is 2. The van der Waals surface area contributed by atoms with Gasteiger partial charge >= 0.3 is 5.97 Å². The Hall–Kier alpha value is -1.10. The van der Waals surface area contributed by atoms with Crippen molar-refractivity contribution in [3.63, 3.8) is 0 Å². The molecule has 0 saturated carbocycles.